The van der Waals surface area contributed by atoms with Crippen molar-refractivity contribution in [3.63, 3.8) is 0 Å². The van der Waals surface area contributed by atoms with Crippen LogP contribution in [0.3, 0.4) is 0 Å². The molecule has 0 bridgehead atoms. The first-order valence-corrected chi connectivity index (χ1v) is 14.1. The van der Waals surface area contributed by atoms with Crippen LogP contribution in [0, 0.1) is 0 Å². The van der Waals surface area contributed by atoms with E-state index in [-0.39, 0.29) is 12.1 Å². The summed E-state index contributed by atoms with van der Waals surface area (Å²) in [5, 5.41) is 4.02. The molecule has 37 heavy (non-hydrogen) atoms. The number of hydrogen-bond acceptors (Lipinski definition) is 2. The van der Waals surface area contributed by atoms with E-state index in [1.54, 1.807) is 0 Å². The number of aliphatic imine (C=N–C) groups is 1. The van der Waals surface area contributed by atoms with Crippen molar-refractivity contribution in [3.8, 4) is 11.1 Å². The average Bonchev–Trinajstić information content (AvgIpc) is 3.53. The summed E-state index contributed by atoms with van der Waals surface area (Å²) >= 11 is 0. The zero-order valence-corrected chi connectivity index (χ0v) is 21.3. The predicted octanol–water partition coefficient (Wildman–Crippen LogP) is 6.55. The van der Waals surface area contributed by atoms with E-state index >= 15 is 0 Å². The van der Waals surface area contributed by atoms with E-state index in [1.165, 1.54) is 38.2 Å². The molecule has 2 aliphatic rings. The van der Waals surface area contributed by atoms with Crippen molar-refractivity contribution in [2.75, 3.05) is 0 Å². The number of hydrogen-bond donors (Lipinski definition) is 0. The van der Waals surface area contributed by atoms with Gasteiger partial charge in [-0.3, -0.25) is 0 Å². The fourth-order valence-electron chi connectivity index (χ4n) is 5.61. The molecule has 2 nitrogen and oxygen atoms in total. The minimum Gasteiger partial charge on any atom is -0.471 e. The molecule has 0 fully saturated rings. The van der Waals surface area contributed by atoms with Gasteiger partial charge < -0.3 is 4.74 Å². The zero-order valence-electron chi connectivity index (χ0n) is 20.4. The fraction of sp³-hybridized carbons (Fsp3) is 0.0882. The molecule has 0 saturated heterocycles. The van der Waals surface area contributed by atoms with E-state index in [1.807, 2.05) is 0 Å². The molecular formula is C34H26NOP. The summed E-state index contributed by atoms with van der Waals surface area (Å²) in [6.07, 6.45) is 1.00. The van der Waals surface area contributed by atoms with Crippen LogP contribution in [-0.4, -0.2) is 12.0 Å². The summed E-state index contributed by atoms with van der Waals surface area (Å²) in [5.41, 5.74) is 6.13. The van der Waals surface area contributed by atoms with Crippen LogP contribution in [0.5, 0.6) is 0 Å². The van der Waals surface area contributed by atoms with E-state index in [9.17, 15) is 0 Å². The molecule has 0 spiro atoms. The Morgan fingerprint density at radius 3 is 1.86 bits per heavy atom. The minimum atomic E-state index is -0.740. The number of rotatable bonds is 5. The molecule has 0 N–H and O–H groups in total. The lowest BCUT2D eigenvalue weighted by Crippen LogP contribution is -2.22. The van der Waals surface area contributed by atoms with Crippen molar-refractivity contribution in [3.05, 3.63) is 150 Å². The van der Waals surface area contributed by atoms with Crippen molar-refractivity contribution in [2.45, 2.75) is 18.6 Å². The summed E-state index contributed by atoms with van der Waals surface area (Å²) in [4.78, 5) is 5.14. The van der Waals surface area contributed by atoms with Crippen molar-refractivity contribution in [2.24, 2.45) is 4.99 Å². The zero-order chi connectivity index (χ0) is 24.6. The first-order chi connectivity index (χ1) is 18.4. The second-order valence-corrected chi connectivity index (χ2v) is 11.7. The van der Waals surface area contributed by atoms with Gasteiger partial charge in [0.15, 0.2) is 0 Å². The van der Waals surface area contributed by atoms with Gasteiger partial charge in [0.1, 0.15) is 12.1 Å². The maximum Gasteiger partial charge on any atom is 0.217 e. The molecule has 2 atom stereocenters. The normalized spacial score (nSPS) is 17.7. The molecule has 1 aliphatic heterocycles. The van der Waals surface area contributed by atoms with Gasteiger partial charge in [0, 0.05) is 12.0 Å². The molecule has 1 aliphatic carbocycles. The Bertz CT molecular complexity index is 1560. The minimum absolute atomic E-state index is 0.0836. The van der Waals surface area contributed by atoms with E-state index in [0.717, 1.165) is 17.9 Å². The van der Waals surface area contributed by atoms with E-state index in [2.05, 4.69) is 133 Å². The van der Waals surface area contributed by atoms with E-state index in [0.29, 0.717) is 0 Å². The summed E-state index contributed by atoms with van der Waals surface area (Å²) in [5.74, 6) is 0.763. The monoisotopic (exact) mass is 495 g/mol. The number of fused-ring (bicyclic) bond motifs is 3. The van der Waals surface area contributed by atoms with Gasteiger partial charge in [0.25, 0.3) is 0 Å². The van der Waals surface area contributed by atoms with Crippen LogP contribution in [0.2, 0.25) is 0 Å². The highest BCUT2D eigenvalue weighted by Gasteiger charge is 2.40. The summed E-state index contributed by atoms with van der Waals surface area (Å²) < 4.78 is 6.54. The Balaban J connectivity index is 1.36. The summed E-state index contributed by atoms with van der Waals surface area (Å²) in [7, 11) is -0.740. The van der Waals surface area contributed by atoms with Gasteiger partial charge in [-0.05, 0) is 52.2 Å². The lowest BCUT2D eigenvalue weighted by Gasteiger charge is -2.23. The first kappa shape index (κ1) is 22.2. The van der Waals surface area contributed by atoms with Crippen LogP contribution >= 0.6 is 7.92 Å². The van der Waals surface area contributed by atoms with Gasteiger partial charge in [-0.15, -0.1) is 0 Å². The van der Waals surface area contributed by atoms with Crippen molar-refractivity contribution in [1.82, 2.24) is 0 Å². The van der Waals surface area contributed by atoms with Crippen LogP contribution in [0.25, 0.3) is 11.1 Å². The van der Waals surface area contributed by atoms with Crippen LogP contribution in [-0.2, 0) is 11.2 Å². The molecule has 5 aromatic rings. The topological polar surface area (TPSA) is 21.6 Å². The maximum absolute atomic E-state index is 6.54. The summed E-state index contributed by atoms with van der Waals surface area (Å²) in [6.45, 7) is 0. The van der Waals surface area contributed by atoms with Crippen molar-refractivity contribution < 1.29 is 4.74 Å². The van der Waals surface area contributed by atoms with Crippen LogP contribution in [0.1, 0.15) is 22.7 Å². The first-order valence-electron chi connectivity index (χ1n) is 12.8. The largest absolute Gasteiger partial charge is 0.471 e. The van der Waals surface area contributed by atoms with Crippen LogP contribution in [0.15, 0.2) is 138 Å². The number of ether oxygens (including phenoxy) is 1. The van der Waals surface area contributed by atoms with Crippen LogP contribution in [0.4, 0.5) is 0 Å². The lowest BCUT2D eigenvalue weighted by molar-refractivity contribution is 0.206. The molecule has 5 aromatic carbocycles. The van der Waals surface area contributed by atoms with Gasteiger partial charge in [0.05, 0.1) is 0 Å². The molecule has 3 heteroatoms. The molecule has 0 saturated carbocycles. The molecule has 0 amide bonds. The molecular weight excluding hydrogens is 469 g/mol. The smallest absolute Gasteiger partial charge is 0.217 e. The van der Waals surface area contributed by atoms with Crippen molar-refractivity contribution >= 4 is 29.7 Å². The maximum atomic E-state index is 6.54. The Hall–Kier alpha value is -4.00. The Kier molecular flexibility index (Phi) is 5.68. The molecule has 1 heterocycles. The number of benzene rings is 5. The highest BCUT2D eigenvalue weighted by molar-refractivity contribution is 7.80. The van der Waals surface area contributed by atoms with Gasteiger partial charge >= 0.3 is 0 Å². The van der Waals surface area contributed by atoms with E-state index < -0.39 is 7.92 Å². The standard InChI is InChI=1S/C34H26NOP/c1-3-14-25(15-4-1)37(26-16-5-2-6-17-26)32-22-12-11-20-29(32)28-19-9-10-21-30(28)34-35-33-27-18-8-7-13-24(27)23-31(33)36-34/h1-22,31,33H,23H2/t31-,33+/m1/s1. The van der Waals surface area contributed by atoms with Crippen molar-refractivity contribution in [1.29, 1.82) is 0 Å². The molecule has 0 aromatic heterocycles. The third kappa shape index (κ3) is 3.99. The molecule has 0 unspecified atom stereocenters. The Morgan fingerprint density at radius 1 is 0.568 bits per heavy atom. The second-order valence-electron chi connectivity index (χ2n) is 9.51. The predicted molar refractivity (Wildman–Crippen MR) is 155 cm³/mol. The van der Waals surface area contributed by atoms with Crippen LogP contribution < -0.4 is 15.9 Å². The molecule has 7 rings (SSSR count). The number of nitrogens with zero attached hydrogens (tertiary/aromatic N) is 1. The molecule has 178 valence electrons. The van der Waals surface area contributed by atoms with Gasteiger partial charge in [0.2, 0.25) is 5.90 Å². The highest BCUT2D eigenvalue weighted by Crippen LogP contribution is 2.43. The quantitative estimate of drug-likeness (QED) is 0.253. The second kappa shape index (κ2) is 9.47. The molecule has 0 radical (unpaired) electrons. The lowest BCUT2D eigenvalue weighted by atomic mass is 9.99. The van der Waals surface area contributed by atoms with Gasteiger partial charge in [-0.1, -0.05) is 127 Å². The van der Waals surface area contributed by atoms with Gasteiger partial charge in [-0.2, -0.15) is 0 Å². The SMILES string of the molecule is c1ccc(P(c2ccccc2)c2ccccc2-c2ccccc2C2=N[C@H]3c4ccccc4C[C@H]3O2)cc1. The van der Waals surface area contributed by atoms with E-state index in [4.69, 9.17) is 9.73 Å². The highest BCUT2D eigenvalue weighted by atomic mass is 31.1. The summed E-state index contributed by atoms with van der Waals surface area (Å²) in [6, 6.07) is 47.9. The Labute approximate surface area is 219 Å². The third-order valence-corrected chi connectivity index (χ3v) is 9.79. The fourth-order valence-corrected chi connectivity index (χ4v) is 8.08. The van der Waals surface area contributed by atoms with Gasteiger partial charge in [-0.25, -0.2) is 4.99 Å². The third-order valence-electron chi connectivity index (χ3n) is 7.29. The Morgan fingerprint density at radius 2 is 1.14 bits per heavy atom. The average molecular weight is 496 g/mol.